The molecule has 2 aromatic rings. The number of anilines is 1. The molecule has 0 spiro atoms. The number of pyridine rings is 1. The summed E-state index contributed by atoms with van der Waals surface area (Å²) in [5, 5.41) is 4.87. The van der Waals surface area contributed by atoms with Crippen molar-refractivity contribution in [3.05, 3.63) is 39.7 Å². The van der Waals surface area contributed by atoms with Crippen molar-refractivity contribution in [1.82, 2.24) is 4.98 Å². The summed E-state index contributed by atoms with van der Waals surface area (Å²) < 4.78 is 5.21. The average Bonchev–Trinajstić information content (AvgIpc) is 3.06. The van der Waals surface area contributed by atoms with Gasteiger partial charge in [0.1, 0.15) is 5.69 Å². The zero-order valence-electron chi connectivity index (χ0n) is 13.6. The highest BCUT2D eigenvalue weighted by atomic mass is 32.1. The van der Waals surface area contributed by atoms with Crippen LogP contribution in [-0.4, -0.2) is 18.0 Å². The van der Waals surface area contributed by atoms with Gasteiger partial charge in [-0.2, -0.15) is 0 Å². The Morgan fingerprint density at radius 2 is 2.09 bits per heavy atom. The molecule has 122 valence electrons. The third kappa shape index (κ3) is 3.72. The number of nitrogens with one attached hydrogen (secondary N) is 1. The molecule has 3 rings (SSSR count). The van der Waals surface area contributed by atoms with E-state index in [9.17, 15) is 4.79 Å². The van der Waals surface area contributed by atoms with Gasteiger partial charge in [0.15, 0.2) is 0 Å². The van der Waals surface area contributed by atoms with Crippen LogP contribution in [0.1, 0.15) is 58.8 Å². The number of thiophene rings is 1. The van der Waals surface area contributed by atoms with Crippen LogP contribution < -0.4 is 10.1 Å². The maximum absolute atomic E-state index is 12.5. The molecule has 2 heterocycles. The normalized spacial score (nSPS) is 15.4. The molecule has 0 bridgehead atoms. The summed E-state index contributed by atoms with van der Waals surface area (Å²) in [6.45, 7) is 1.94. The van der Waals surface area contributed by atoms with Crippen molar-refractivity contribution in [1.29, 1.82) is 0 Å². The molecule has 1 saturated carbocycles. The van der Waals surface area contributed by atoms with Crippen LogP contribution in [0.5, 0.6) is 5.88 Å². The summed E-state index contributed by atoms with van der Waals surface area (Å²) in [6.07, 6.45) is 8.16. The molecule has 1 aliphatic rings. The van der Waals surface area contributed by atoms with Crippen molar-refractivity contribution in [3.8, 4) is 5.88 Å². The molecule has 2 aromatic heterocycles. The third-order valence-electron chi connectivity index (χ3n) is 4.32. The van der Waals surface area contributed by atoms with Gasteiger partial charge in [-0.15, -0.1) is 11.3 Å². The van der Waals surface area contributed by atoms with E-state index in [2.05, 4.69) is 10.3 Å². The van der Waals surface area contributed by atoms with E-state index in [0.29, 0.717) is 17.5 Å². The van der Waals surface area contributed by atoms with Gasteiger partial charge in [0, 0.05) is 16.5 Å². The summed E-state index contributed by atoms with van der Waals surface area (Å²) in [5.74, 6) is 0.964. The van der Waals surface area contributed by atoms with Gasteiger partial charge in [-0.3, -0.25) is 4.79 Å². The van der Waals surface area contributed by atoms with Crippen molar-refractivity contribution < 1.29 is 9.53 Å². The van der Waals surface area contributed by atoms with Crippen LogP contribution in [0.15, 0.2) is 23.7 Å². The van der Waals surface area contributed by atoms with Gasteiger partial charge in [-0.25, -0.2) is 4.98 Å². The maximum Gasteiger partial charge on any atom is 0.256 e. The lowest BCUT2D eigenvalue weighted by atomic mass is 9.88. The summed E-state index contributed by atoms with van der Waals surface area (Å²) >= 11 is 1.70. The zero-order chi connectivity index (χ0) is 16.2. The predicted octanol–water partition coefficient (Wildman–Crippen LogP) is 4.76. The van der Waals surface area contributed by atoms with Gasteiger partial charge in [-0.1, -0.05) is 19.3 Å². The van der Waals surface area contributed by atoms with E-state index in [4.69, 9.17) is 4.74 Å². The van der Waals surface area contributed by atoms with Crippen LogP contribution >= 0.6 is 11.3 Å². The Hall–Kier alpha value is -1.88. The monoisotopic (exact) mass is 330 g/mol. The minimum Gasteiger partial charge on any atom is -0.480 e. The minimum atomic E-state index is -0.103. The SMILES string of the molecule is COc1ncc(C)cc1NC(=O)c1csc(C2CCCCC2)c1. The number of carbonyl (C=O) groups excluding carboxylic acids is 1. The lowest BCUT2D eigenvalue weighted by molar-refractivity contribution is 0.102. The standard InChI is InChI=1S/C18H22N2O2S/c1-12-8-15(18(22-2)19-10-12)20-17(21)14-9-16(23-11-14)13-6-4-3-5-7-13/h8-11,13H,3-7H2,1-2H3,(H,20,21). The Morgan fingerprint density at radius 3 is 2.83 bits per heavy atom. The number of nitrogens with zero attached hydrogens (tertiary/aromatic N) is 1. The summed E-state index contributed by atoms with van der Waals surface area (Å²) in [5.41, 5.74) is 2.32. The molecule has 4 nitrogen and oxygen atoms in total. The first-order valence-electron chi connectivity index (χ1n) is 8.08. The van der Waals surface area contributed by atoms with Crippen molar-refractivity contribution in [3.63, 3.8) is 0 Å². The van der Waals surface area contributed by atoms with E-state index in [-0.39, 0.29) is 5.91 Å². The number of amides is 1. The first-order chi connectivity index (χ1) is 11.2. The Bertz CT molecular complexity index is 690. The molecule has 0 saturated heterocycles. The smallest absolute Gasteiger partial charge is 0.256 e. The molecule has 0 radical (unpaired) electrons. The van der Waals surface area contributed by atoms with Crippen LogP contribution in [0, 0.1) is 6.92 Å². The summed E-state index contributed by atoms with van der Waals surface area (Å²) in [4.78, 5) is 18.0. The van der Waals surface area contributed by atoms with Gasteiger partial charge >= 0.3 is 0 Å². The van der Waals surface area contributed by atoms with Crippen LogP contribution in [0.2, 0.25) is 0 Å². The van der Waals surface area contributed by atoms with E-state index in [1.54, 1.807) is 24.6 Å². The third-order valence-corrected chi connectivity index (χ3v) is 5.41. The maximum atomic E-state index is 12.5. The van der Waals surface area contributed by atoms with Crippen LogP contribution in [0.25, 0.3) is 0 Å². The van der Waals surface area contributed by atoms with E-state index in [0.717, 1.165) is 11.1 Å². The molecule has 1 N–H and O–H groups in total. The molecule has 0 aromatic carbocycles. The Kier molecular flexibility index (Phi) is 4.96. The van der Waals surface area contributed by atoms with Gasteiger partial charge in [-0.05, 0) is 43.4 Å². The fraction of sp³-hybridized carbons (Fsp3) is 0.444. The highest BCUT2D eigenvalue weighted by Crippen LogP contribution is 2.36. The van der Waals surface area contributed by atoms with E-state index >= 15 is 0 Å². The number of hydrogen-bond donors (Lipinski definition) is 1. The minimum absolute atomic E-state index is 0.103. The molecule has 0 atom stereocenters. The quantitative estimate of drug-likeness (QED) is 0.879. The van der Waals surface area contributed by atoms with Crippen LogP contribution in [0.4, 0.5) is 5.69 Å². The summed E-state index contributed by atoms with van der Waals surface area (Å²) in [7, 11) is 1.55. The topological polar surface area (TPSA) is 51.2 Å². The van der Waals surface area contributed by atoms with Crippen molar-refractivity contribution in [2.45, 2.75) is 44.9 Å². The molecular formula is C18H22N2O2S. The number of aromatic nitrogens is 1. The largest absolute Gasteiger partial charge is 0.480 e. The molecule has 1 aliphatic carbocycles. The van der Waals surface area contributed by atoms with Crippen molar-refractivity contribution >= 4 is 22.9 Å². The molecule has 0 unspecified atom stereocenters. The molecular weight excluding hydrogens is 308 g/mol. The van der Waals surface area contributed by atoms with E-state index in [1.165, 1.54) is 37.0 Å². The highest BCUT2D eigenvalue weighted by molar-refractivity contribution is 7.10. The van der Waals surface area contributed by atoms with Gasteiger partial charge in [0.05, 0.1) is 12.7 Å². The first kappa shape index (κ1) is 16.0. The van der Waals surface area contributed by atoms with Crippen LogP contribution in [0.3, 0.4) is 0 Å². The van der Waals surface area contributed by atoms with Crippen molar-refractivity contribution in [2.75, 3.05) is 12.4 Å². The lowest BCUT2D eigenvalue weighted by Crippen LogP contribution is -2.12. The number of ether oxygens (including phenoxy) is 1. The van der Waals surface area contributed by atoms with Gasteiger partial charge in [0.2, 0.25) is 5.88 Å². The highest BCUT2D eigenvalue weighted by Gasteiger charge is 2.19. The van der Waals surface area contributed by atoms with E-state index in [1.807, 2.05) is 24.4 Å². The van der Waals surface area contributed by atoms with Gasteiger partial charge < -0.3 is 10.1 Å². The number of hydrogen-bond acceptors (Lipinski definition) is 4. The second kappa shape index (κ2) is 7.13. The molecule has 1 amide bonds. The van der Waals surface area contributed by atoms with Crippen molar-refractivity contribution in [2.24, 2.45) is 0 Å². The number of aryl methyl sites for hydroxylation is 1. The molecule has 5 heteroatoms. The fourth-order valence-corrected chi connectivity index (χ4v) is 4.14. The summed E-state index contributed by atoms with van der Waals surface area (Å²) in [6, 6.07) is 3.92. The molecule has 0 aliphatic heterocycles. The fourth-order valence-electron chi connectivity index (χ4n) is 3.08. The van der Waals surface area contributed by atoms with Crippen LogP contribution in [-0.2, 0) is 0 Å². The predicted molar refractivity (Wildman–Crippen MR) is 93.6 cm³/mol. The lowest BCUT2D eigenvalue weighted by Gasteiger charge is -2.19. The number of carbonyl (C=O) groups is 1. The zero-order valence-corrected chi connectivity index (χ0v) is 14.4. The van der Waals surface area contributed by atoms with E-state index < -0.39 is 0 Å². The Balaban J connectivity index is 1.73. The second-order valence-electron chi connectivity index (χ2n) is 6.10. The number of rotatable bonds is 4. The average molecular weight is 330 g/mol. The Labute approximate surface area is 140 Å². The molecule has 23 heavy (non-hydrogen) atoms. The first-order valence-corrected chi connectivity index (χ1v) is 8.96. The molecule has 1 fully saturated rings. The Morgan fingerprint density at radius 1 is 1.30 bits per heavy atom. The van der Waals surface area contributed by atoms with Gasteiger partial charge in [0.25, 0.3) is 5.91 Å². The second-order valence-corrected chi connectivity index (χ2v) is 7.04. The number of methoxy groups -OCH3 is 1.